The fraction of sp³-hybridized carbons (Fsp3) is 0.292. The fourth-order valence-corrected chi connectivity index (χ4v) is 3.65. The summed E-state index contributed by atoms with van der Waals surface area (Å²) in [6.07, 6.45) is 2.60. The van der Waals surface area contributed by atoms with Crippen LogP contribution in [0.25, 0.3) is 10.5 Å². The van der Waals surface area contributed by atoms with Crippen LogP contribution in [0, 0.1) is 25.3 Å². The molecule has 1 aliphatic rings. The Bertz CT molecular complexity index is 1210. The summed E-state index contributed by atoms with van der Waals surface area (Å²) in [5.74, 6) is 6.04. The molecule has 1 fully saturated rings. The molecule has 160 valence electrons. The number of aromatic nitrogens is 4. The molecular formula is C24H22N6O2. The third-order valence-corrected chi connectivity index (χ3v) is 5.70. The average molecular weight is 426 g/mol. The Balaban J connectivity index is 1.35. The predicted molar refractivity (Wildman–Crippen MR) is 118 cm³/mol. The van der Waals surface area contributed by atoms with Crippen LogP contribution in [-0.2, 0) is 11.2 Å². The number of piperidine rings is 1. The Hall–Kier alpha value is -4.01. The molecule has 3 aromatic rings. The number of likely N-dealkylation sites (tertiary alicyclic amines) is 1. The molecule has 8 nitrogen and oxygen atoms in total. The summed E-state index contributed by atoms with van der Waals surface area (Å²) >= 11 is 0. The van der Waals surface area contributed by atoms with Crippen molar-refractivity contribution >= 4 is 11.6 Å². The van der Waals surface area contributed by atoms with Crippen LogP contribution in [-0.4, -0.2) is 54.8 Å². The first-order valence-electron chi connectivity index (χ1n) is 10.3. The highest BCUT2D eigenvalue weighted by atomic mass is 16.3. The van der Waals surface area contributed by atoms with Crippen molar-refractivity contribution in [1.82, 2.24) is 25.1 Å². The molecule has 0 bridgehead atoms. The highest BCUT2D eigenvalue weighted by molar-refractivity contribution is 5.79. The number of hydrogen-bond donors (Lipinski definition) is 1. The van der Waals surface area contributed by atoms with E-state index in [0.717, 1.165) is 22.4 Å². The van der Waals surface area contributed by atoms with E-state index in [4.69, 9.17) is 6.57 Å². The van der Waals surface area contributed by atoms with Crippen LogP contribution >= 0.6 is 0 Å². The van der Waals surface area contributed by atoms with E-state index < -0.39 is 5.60 Å². The van der Waals surface area contributed by atoms with Crippen LogP contribution in [0.2, 0.25) is 0 Å². The molecule has 4 rings (SSSR count). The number of hydrogen-bond acceptors (Lipinski definition) is 5. The summed E-state index contributed by atoms with van der Waals surface area (Å²) in [5.41, 5.74) is 2.72. The maximum absolute atomic E-state index is 12.7. The standard InChI is InChI=1S/C24H22N6O2/c1-18-20(4-3-5-22(18)25-2)10-11-24(32)12-14-29(15-13-24)23(31)16-19-6-8-21(9-7-19)30-17-26-27-28-30/h3-9,17,32H,12-16H2,1H3. The summed E-state index contributed by atoms with van der Waals surface area (Å²) in [4.78, 5) is 18.0. The Labute approximate surface area is 186 Å². The summed E-state index contributed by atoms with van der Waals surface area (Å²) in [6, 6.07) is 12.9. The van der Waals surface area contributed by atoms with Gasteiger partial charge in [0.1, 0.15) is 11.9 Å². The second-order valence-corrected chi connectivity index (χ2v) is 7.82. The van der Waals surface area contributed by atoms with Gasteiger partial charge in [0.05, 0.1) is 18.7 Å². The maximum Gasteiger partial charge on any atom is 0.226 e. The van der Waals surface area contributed by atoms with Gasteiger partial charge in [0.15, 0.2) is 5.69 Å². The number of benzene rings is 2. The second-order valence-electron chi connectivity index (χ2n) is 7.82. The Kier molecular flexibility index (Phi) is 5.98. The smallest absolute Gasteiger partial charge is 0.226 e. The molecule has 0 atom stereocenters. The van der Waals surface area contributed by atoms with E-state index in [2.05, 4.69) is 32.2 Å². The Morgan fingerprint density at radius 1 is 1.22 bits per heavy atom. The first kappa shape index (κ1) is 21.2. The van der Waals surface area contributed by atoms with Gasteiger partial charge in [0.2, 0.25) is 5.91 Å². The SMILES string of the molecule is [C-]#[N+]c1cccc(C#CC2(O)CCN(C(=O)Cc3ccc(-n4cnnn4)cc3)CC2)c1C. The lowest BCUT2D eigenvalue weighted by atomic mass is 9.91. The summed E-state index contributed by atoms with van der Waals surface area (Å²) < 4.78 is 1.55. The van der Waals surface area contributed by atoms with E-state index in [-0.39, 0.29) is 5.91 Å². The zero-order chi connectivity index (χ0) is 22.6. The Morgan fingerprint density at radius 3 is 2.62 bits per heavy atom. The number of rotatable bonds is 3. The largest absolute Gasteiger partial charge is 0.377 e. The third kappa shape index (κ3) is 4.66. The van der Waals surface area contributed by atoms with Crippen LogP contribution in [0.1, 0.15) is 29.5 Å². The van der Waals surface area contributed by atoms with E-state index in [9.17, 15) is 9.90 Å². The molecule has 1 aromatic heterocycles. The van der Waals surface area contributed by atoms with Crippen molar-refractivity contribution in [2.45, 2.75) is 31.8 Å². The van der Waals surface area contributed by atoms with Crippen molar-refractivity contribution in [1.29, 1.82) is 0 Å². The molecule has 0 unspecified atom stereocenters. The van der Waals surface area contributed by atoms with Gasteiger partial charge in [-0.25, -0.2) is 9.53 Å². The topological polar surface area (TPSA) is 88.5 Å². The van der Waals surface area contributed by atoms with Gasteiger partial charge in [-0.2, -0.15) is 0 Å². The van der Waals surface area contributed by atoms with Crippen LogP contribution in [0.3, 0.4) is 0 Å². The van der Waals surface area contributed by atoms with Crippen molar-refractivity contribution in [3.63, 3.8) is 0 Å². The molecule has 0 aliphatic carbocycles. The van der Waals surface area contributed by atoms with E-state index in [1.165, 1.54) is 6.33 Å². The summed E-state index contributed by atoms with van der Waals surface area (Å²) in [7, 11) is 0. The molecule has 2 heterocycles. The monoisotopic (exact) mass is 426 g/mol. The van der Waals surface area contributed by atoms with Gasteiger partial charge in [-0.1, -0.05) is 36.1 Å². The molecular weight excluding hydrogens is 404 g/mol. The van der Waals surface area contributed by atoms with E-state index in [1.807, 2.05) is 37.3 Å². The zero-order valence-corrected chi connectivity index (χ0v) is 17.7. The van der Waals surface area contributed by atoms with Gasteiger partial charge in [0.25, 0.3) is 0 Å². The molecule has 0 radical (unpaired) electrons. The minimum absolute atomic E-state index is 0.0239. The Morgan fingerprint density at radius 2 is 1.97 bits per heavy atom. The number of aliphatic hydroxyl groups is 1. The number of nitrogens with zero attached hydrogens (tertiary/aromatic N) is 6. The number of carbonyl (C=O) groups is 1. The van der Waals surface area contributed by atoms with Crippen LogP contribution in [0.4, 0.5) is 5.69 Å². The summed E-state index contributed by atoms with van der Waals surface area (Å²) in [6.45, 7) is 9.98. The molecule has 1 N–H and O–H groups in total. The highest BCUT2D eigenvalue weighted by Gasteiger charge is 2.32. The average Bonchev–Trinajstić information content (AvgIpc) is 3.34. The van der Waals surface area contributed by atoms with Crippen molar-refractivity contribution in [3.05, 3.63) is 76.9 Å². The van der Waals surface area contributed by atoms with Gasteiger partial charge in [-0.3, -0.25) is 4.79 Å². The number of tetrazole rings is 1. The second kappa shape index (κ2) is 9.01. The van der Waals surface area contributed by atoms with Gasteiger partial charge >= 0.3 is 0 Å². The summed E-state index contributed by atoms with van der Waals surface area (Å²) in [5, 5.41) is 21.9. The van der Waals surface area contributed by atoms with Crippen LogP contribution < -0.4 is 0 Å². The third-order valence-electron chi connectivity index (χ3n) is 5.70. The van der Waals surface area contributed by atoms with Gasteiger partial charge in [-0.05, 0) is 46.7 Å². The van der Waals surface area contributed by atoms with Crippen molar-refractivity contribution in [3.8, 4) is 17.5 Å². The van der Waals surface area contributed by atoms with Crippen molar-refractivity contribution < 1.29 is 9.90 Å². The van der Waals surface area contributed by atoms with E-state index in [1.54, 1.807) is 21.7 Å². The van der Waals surface area contributed by atoms with Gasteiger partial charge in [-0.15, -0.1) is 5.10 Å². The lowest BCUT2D eigenvalue weighted by molar-refractivity contribution is -0.133. The molecule has 0 spiro atoms. The normalized spacial score (nSPS) is 14.8. The number of amides is 1. The fourth-order valence-electron chi connectivity index (χ4n) is 3.65. The lowest BCUT2D eigenvalue weighted by Gasteiger charge is -2.35. The van der Waals surface area contributed by atoms with Crippen LogP contribution in [0.5, 0.6) is 0 Å². The van der Waals surface area contributed by atoms with Gasteiger partial charge in [0, 0.05) is 31.5 Å². The highest BCUT2D eigenvalue weighted by Crippen LogP contribution is 2.24. The van der Waals surface area contributed by atoms with Gasteiger partial charge < -0.3 is 10.0 Å². The minimum Gasteiger partial charge on any atom is -0.377 e. The molecule has 2 aromatic carbocycles. The molecule has 1 saturated heterocycles. The molecule has 0 saturated carbocycles. The molecule has 1 aliphatic heterocycles. The van der Waals surface area contributed by atoms with Crippen LogP contribution in [0.15, 0.2) is 48.8 Å². The predicted octanol–water partition coefficient (Wildman–Crippen LogP) is 2.47. The quantitative estimate of drug-likeness (QED) is 0.514. The molecule has 8 heteroatoms. The zero-order valence-electron chi connectivity index (χ0n) is 17.7. The van der Waals surface area contributed by atoms with Crippen molar-refractivity contribution in [2.24, 2.45) is 0 Å². The molecule has 32 heavy (non-hydrogen) atoms. The number of carbonyl (C=O) groups excluding carboxylic acids is 1. The first-order valence-corrected chi connectivity index (χ1v) is 10.3. The lowest BCUT2D eigenvalue weighted by Crippen LogP contribution is -2.46. The van der Waals surface area contributed by atoms with Crippen molar-refractivity contribution in [2.75, 3.05) is 13.1 Å². The minimum atomic E-state index is -1.13. The maximum atomic E-state index is 12.7. The first-order chi connectivity index (χ1) is 15.5. The van der Waals surface area contributed by atoms with E-state index >= 15 is 0 Å². The molecule has 1 amide bonds. The van der Waals surface area contributed by atoms with E-state index in [0.29, 0.717) is 38.0 Å².